The van der Waals surface area contributed by atoms with Crippen LogP contribution in [0.5, 0.6) is 5.75 Å². The summed E-state index contributed by atoms with van der Waals surface area (Å²) in [5, 5.41) is 22.8. The lowest BCUT2D eigenvalue weighted by molar-refractivity contribution is 0.0239. The molecule has 1 aromatic rings. The fourth-order valence-corrected chi connectivity index (χ4v) is 1.49. The van der Waals surface area contributed by atoms with E-state index in [9.17, 15) is 10.2 Å². The van der Waals surface area contributed by atoms with E-state index in [0.29, 0.717) is 11.3 Å². The summed E-state index contributed by atoms with van der Waals surface area (Å²) in [6.45, 7) is 1.65. The molecule has 0 radical (unpaired) electrons. The Labute approximate surface area is 99.1 Å². The van der Waals surface area contributed by atoms with Gasteiger partial charge in [-0.3, -0.25) is 0 Å². The number of benzene rings is 1. The zero-order chi connectivity index (χ0) is 12.8. The van der Waals surface area contributed by atoms with E-state index in [1.165, 1.54) is 7.11 Å². The second-order valence-corrected chi connectivity index (χ2v) is 3.65. The summed E-state index contributed by atoms with van der Waals surface area (Å²) in [4.78, 5) is 2.54. The van der Waals surface area contributed by atoms with E-state index in [2.05, 4.69) is 10.0 Å². The van der Waals surface area contributed by atoms with Gasteiger partial charge < -0.3 is 14.9 Å². The standard InChI is InChI=1S/C11H15N3O3/c1-7-3-4-8(17-2)5-9(7)11(16)10(15)6-13-14-12/h3-5,10-11,15-16H,6H2,1-2H3. The van der Waals surface area contributed by atoms with Gasteiger partial charge in [0.25, 0.3) is 0 Å². The Morgan fingerprint density at radius 3 is 2.76 bits per heavy atom. The van der Waals surface area contributed by atoms with Crippen molar-refractivity contribution in [2.75, 3.05) is 13.7 Å². The van der Waals surface area contributed by atoms with Crippen molar-refractivity contribution in [1.29, 1.82) is 0 Å². The number of azide groups is 1. The topological polar surface area (TPSA) is 98.5 Å². The number of hydrogen-bond acceptors (Lipinski definition) is 4. The first-order valence-corrected chi connectivity index (χ1v) is 5.11. The number of ether oxygens (including phenoxy) is 1. The fraction of sp³-hybridized carbons (Fsp3) is 0.455. The third-order valence-electron chi connectivity index (χ3n) is 2.50. The number of aliphatic hydroxyl groups excluding tert-OH is 2. The maximum Gasteiger partial charge on any atom is 0.119 e. The second-order valence-electron chi connectivity index (χ2n) is 3.65. The highest BCUT2D eigenvalue weighted by Crippen LogP contribution is 2.25. The summed E-state index contributed by atoms with van der Waals surface area (Å²) < 4.78 is 5.05. The number of aliphatic hydroxyl groups is 2. The quantitative estimate of drug-likeness (QED) is 0.463. The van der Waals surface area contributed by atoms with Gasteiger partial charge in [-0.2, -0.15) is 0 Å². The van der Waals surface area contributed by atoms with E-state index in [0.717, 1.165) is 5.56 Å². The van der Waals surface area contributed by atoms with Crippen LogP contribution in [0.1, 0.15) is 17.2 Å². The van der Waals surface area contributed by atoms with Crippen LogP contribution in [0.2, 0.25) is 0 Å². The molecule has 1 aromatic carbocycles. The molecule has 0 bridgehead atoms. The van der Waals surface area contributed by atoms with Crippen LogP contribution < -0.4 is 4.74 Å². The smallest absolute Gasteiger partial charge is 0.119 e. The van der Waals surface area contributed by atoms with E-state index < -0.39 is 12.2 Å². The highest BCUT2D eigenvalue weighted by atomic mass is 16.5. The van der Waals surface area contributed by atoms with Gasteiger partial charge in [-0.05, 0) is 35.7 Å². The van der Waals surface area contributed by atoms with E-state index in [-0.39, 0.29) is 6.54 Å². The van der Waals surface area contributed by atoms with Gasteiger partial charge in [0.05, 0.1) is 19.8 Å². The molecule has 1 rings (SSSR count). The maximum atomic E-state index is 9.93. The molecule has 17 heavy (non-hydrogen) atoms. The van der Waals surface area contributed by atoms with Gasteiger partial charge in [0.15, 0.2) is 0 Å². The molecule has 0 saturated heterocycles. The molecule has 0 saturated carbocycles. The Hall–Kier alpha value is -1.75. The summed E-state index contributed by atoms with van der Waals surface area (Å²) in [6, 6.07) is 5.21. The molecule has 0 aliphatic rings. The van der Waals surface area contributed by atoms with Gasteiger partial charge >= 0.3 is 0 Å². The van der Waals surface area contributed by atoms with Crippen molar-refractivity contribution in [2.45, 2.75) is 19.1 Å². The monoisotopic (exact) mass is 237 g/mol. The minimum absolute atomic E-state index is 0.172. The van der Waals surface area contributed by atoms with Crippen molar-refractivity contribution in [3.63, 3.8) is 0 Å². The Morgan fingerprint density at radius 2 is 2.18 bits per heavy atom. The molecule has 0 fully saturated rings. The summed E-state index contributed by atoms with van der Waals surface area (Å²) in [6.07, 6.45) is -2.23. The number of methoxy groups -OCH3 is 1. The van der Waals surface area contributed by atoms with E-state index in [1.54, 1.807) is 18.2 Å². The summed E-state index contributed by atoms with van der Waals surface area (Å²) in [5.41, 5.74) is 9.54. The molecule has 2 atom stereocenters. The van der Waals surface area contributed by atoms with E-state index in [4.69, 9.17) is 10.3 Å². The minimum Gasteiger partial charge on any atom is -0.497 e. The van der Waals surface area contributed by atoms with Crippen molar-refractivity contribution in [3.05, 3.63) is 39.8 Å². The molecular formula is C11H15N3O3. The lowest BCUT2D eigenvalue weighted by Gasteiger charge is -2.19. The molecule has 0 heterocycles. The van der Waals surface area contributed by atoms with Gasteiger partial charge in [0.1, 0.15) is 11.9 Å². The molecule has 2 N–H and O–H groups in total. The van der Waals surface area contributed by atoms with Crippen LogP contribution in [0.25, 0.3) is 10.4 Å². The Balaban J connectivity index is 2.93. The molecule has 0 aliphatic carbocycles. The third-order valence-corrected chi connectivity index (χ3v) is 2.50. The summed E-state index contributed by atoms with van der Waals surface area (Å²) in [7, 11) is 1.53. The number of hydrogen-bond donors (Lipinski definition) is 2. The zero-order valence-electron chi connectivity index (χ0n) is 9.74. The fourth-order valence-electron chi connectivity index (χ4n) is 1.49. The van der Waals surface area contributed by atoms with Crippen molar-refractivity contribution in [3.8, 4) is 5.75 Å². The van der Waals surface area contributed by atoms with Crippen molar-refractivity contribution >= 4 is 0 Å². The predicted octanol–water partition coefficient (Wildman–Crippen LogP) is 1.71. The lowest BCUT2D eigenvalue weighted by atomic mass is 9.99. The van der Waals surface area contributed by atoms with Crippen LogP contribution in [0.15, 0.2) is 23.3 Å². The summed E-state index contributed by atoms with van der Waals surface area (Å²) in [5.74, 6) is 0.598. The lowest BCUT2D eigenvalue weighted by Crippen LogP contribution is -2.21. The number of rotatable bonds is 5. The van der Waals surface area contributed by atoms with Gasteiger partial charge in [-0.15, -0.1) is 0 Å². The Morgan fingerprint density at radius 1 is 1.47 bits per heavy atom. The average Bonchev–Trinajstić information content (AvgIpc) is 2.35. The summed E-state index contributed by atoms with van der Waals surface area (Å²) >= 11 is 0. The van der Waals surface area contributed by atoms with Crippen molar-refractivity contribution in [2.24, 2.45) is 5.11 Å². The zero-order valence-corrected chi connectivity index (χ0v) is 9.74. The Kier molecular flexibility index (Phi) is 4.78. The SMILES string of the molecule is COc1ccc(C)c(C(O)C(O)CN=[N+]=[N-])c1. The first-order chi connectivity index (χ1) is 8.10. The molecule has 0 aliphatic heterocycles. The van der Waals surface area contributed by atoms with Gasteiger partial charge in [-0.1, -0.05) is 11.2 Å². The Bertz CT molecular complexity index is 430. The highest BCUT2D eigenvalue weighted by molar-refractivity contribution is 5.36. The van der Waals surface area contributed by atoms with Gasteiger partial charge in [-0.25, -0.2) is 0 Å². The largest absolute Gasteiger partial charge is 0.497 e. The van der Waals surface area contributed by atoms with Crippen LogP contribution in [-0.4, -0.2) is 30.0 Å². The van der Waals surface area contributed by atoms with Crippen molar-refractivity contribution in [1.82, 2.24) is 0 Å². The van der Waals surface area contributed by atoms with E-state index in [1.807, 2.05) is 6.92 Å². The van der Waals surface area contributed by atoms with Crippen LogP contribution in [0.4, 0.5) is 0 Å². The van der Waals surface area contributed by atoms with Crippen LogP contribution >= 0.6 is 0 Å². The van der Waals surface area contributed by atoms with Gasteiger partial charge in [0, 0.05) is 4.91 Å². The van der Waals surface area contributed by atoms with Crippen LogP contribution in [-0.2, 0) is 0 Å². The first kappa shape index (κ1) is 13.3. The maximum absolute atomic E-state index is 9.93. The van der Waals surface area contributed by atoms with Gasteiger partial charge in [0.2, 0.25) is 0 Å². The van der Waals surface area contributed by atoms with E-state index >= 15 is 0 Å². The third kappa shape index (κ3) is 3.35. The molecule has 92 valence electrons. The number of nitrogens with zero attached hydrogens (tertiary/aromatic N) is 3. The molecule has 6 heteroatoms. The molecular weight excluding hydrogens is 222 g/mol. The highest BCUT2D eigenvalue weighted by Gasteiger charge is 2.19. The number of aryl methyl sites for hydroxylation is 1. The minimum atomic E-state index is -1.13. The predicted molar refractivity (Wildman–Crippen MR) is 62.7 cm³/mol. The van der Waals surface area contributed by atoms with Crippen LogP contribution in [0.3, 0.4) is 0 Å². The molecule has 0 amide bonds. The normalized spacial score (nSPS) is 13.6. The molecule has 6 nitrogen and oxygen atoms in total. The van der Waals surface area contributed by atoms with Crippen molar-refractivity contribution < 1.29 is 14.9 Å². The molecule has 2 unspecified atom stereocenters. The molecule has 0 aromatic heterocycles. The molecule has 0 spiro atoms. The average molecular weight is 237 g/mol. The second kappa shape index (κ2) is 6.10. The van der Waals surface area contributed by atoms with Crippen LogP contribution in [0, 0.1) is 6.92 Å². The first-order valence-electron chi connectivity index (χ1n) is 5.11.